The Kier molecular flexibility index (Phi) is 8.83. The molecule has 0 aliphatic rings. The molecule has 0 saturated heterocycles. The predicted molar refractivity (Wildman–Crippen MR) is 64.2 cm³/mol. The fourth-order valence-corrected chi connectivity index (χ4v) is 2.94. The highest BCUT2D eigenvalue weighted by Crippen LogP contribution is 2.02. The molecule has 0 fully saturated rings. The van der Waals surface area contributed by atoms with Crippen molar-refractivity contribution in [3.8, 4) is 0 Å². The van der Waals surface area contributed by atoms with Crippen LogP contribution in [0.4, 0.5) is 0 Å². The van der Waals surface area contributed by atoms with Crippen LogP contribution in [0.3, 0.4) is 0 Å². The minimum absolute atomic E-state index is 0.0272. The van der Waals surface area contributed by atoms with Gasteiger partial charge in [0.2, 0.25) is 0 Å². The average Bonchev–Trinajstić information content (AvgIpc) is 2.22. The lowest BCUT2D eigenvalue weighted by atomic mass is 10.2. The van der Waals surface area contributed by atoms with Gasteiger partial charge in [-0.15, -0.1) is 0 Å². The van der Waals surface area contributed by atoms with Crippen molar-refractivity contribution in [1.29, 1.82) is 0 Å². The first-order valence-corrected chi connectivity index (χ1v) is 7.31. The summed E-state index contributed by atoms with van der Waals surface area (Å²) in [6.07, 6.45) is 0.531. The molecule has 0 radical (unpaired) electrons. The van der Waals surface area contributed by atoms with E-state index in [-0.39, 0.29) is 17.4 Å². The molecule has 98 valence electrons. The molecule has 0 amide bonds. The number of nitrogens with two attached hydrogens (primary N) is 1. The minimum Gasteiger partial charge on any atom is -0.382 e. The maximum absolute atomic E-state index is 11.6. The molecule has 0 bridgehead atoms. The van der Waals surface area contributed by atoms with E-state index in [4.69, 9.17) is 15.2 Å². The highest BCUT2D eigenvalue weighted by molar-refractivity contribution is 7.91. The Hall–Kier alpha value is -0.170. The lowest BCUT2D eigenvalue weighted by Gasteiger charge is -2.09. The molecule has 0 aromatic carbocycles. The van der Waals surface area contributed by atoms with Crippen LogP contribution in [-0.4, -0.2) is 53.4 Å². The quantitative estimate of drug-likeness (QED) is 0.557. The summed E-state index contributed by atoms with van der Waals surface area (Å²) in [5.41, 5.74) is 5.39. The summed E-state index contributed by atoms with van der Waals surface area (Å²) in [5, 5.41) is 0. The standard InChI is InChI=1S/C10H23NO4S/c1-10(8-11)9-16(12,13)7-3-4-15-6-5-14-2/h10H,3-9,11H2,1-2H3. The Morgan fingerprint density at radius 1 is 1.25 bits per heavy atom. The summed E-state index contributed by atoms with van der Waals surface area (Å²) in [6, 6.07) is 0. The highest BCUT2D eigenvalue weighted by atomic mass is 32.2. The smallest absolute Gasteiger partial charge is 0.150 e. The summed E-state index contributed by atoms with van der Waals surface area (Å²) in [7, 11) is -1.38. The molecule has 0 aliphatic heterocycles. The van der Waals surface area contributed by atoms with Gasteiger partial charge in [-0.3, -0.25) is 0 Å². The molecule has 0 spiro atoms. The van der Waals surface area contributed by atoms with E-state index in [0.717, 1.165) is 0 Å². The molecular formula is C10H23NO4S. The van der Waals surface area contributed by atoms with Crippen molar-refractivity contribution < 1.29 is 17.9 Å². The molecular weight excluding hydrogens is 230 g/mol. The second kappa shape index (κ2) is 8.92. The van der Waals surface area contributed by atoms with Crippen molar-refractivity contribution in [3.05, 3.63) is 0 Å². The topological polar surface area (TPSA) is 78.6 Å². The van der Waals surface area contributed by atoms with E-state index in [0.29, 0.717) is 32.8 Å². The van der Waals surface area contributed by atoms with Crippen molar-refractivity contribution >= 4 is 9.84 Å². The Morgan fingerprint density at radius 3 is 2.50 bits per heavy atom. The molecule has 0 aliphatic carbocycles. The molecule has 0 rings (SSSR count). The van der Waals surface area contributed by atoms with E-state index in [9.17, 15) is 8.42 Å². The molecule has 1 atom stereocenters. The van der Waals surface area contributed by atoms with Gasteiger partial charge >= 0.3 is 0 Å². The monoisotopic (exact) mass is 253 g/mol. The van der Waals surface area contributed by atoms with Gasteiger partial charge in [-0.05, 0) is 18.9 Å². The summed E-state index contributed by atoms with van der Waals surface area (Å²) in [5.74, 6) is 0.366. The van der Waals surface area contributed by atoms with E-state index in [1.54, 1.807) is 7.11 Å². The van der Waals surface area contributed by atoms with Crippen molar-refractivity contribution in [2.24, 2.45) is 11.7 Å². The molecule has 5 nitrogen and oxygen atoms in total. The molecule has 1 unspecified atom stereocenters. The first-order valence-electron chi connectivity index (χ1n) is 5.49. The van der Waals surface area contributed by atoms with Crippen LogP contribution >= 0.6 is 0 Å². The Bertz CT molecular complexity index is 254. The SMILES string of the molecule is COCCOCCCS(=O)(=O)CC(C)CN. The normalized spacial score (nSPS) is 13.9. The third kappa shape index (κ3) is 9.08. The van der Waals surface area contributed by atoms with Crippen molar-refractivity contribution in [1.82, 2.24) is 0 Å². The van der Waals surface area contributed by atoms with Crippen LogP contribution in [0.15, 0.2) is 0 Å². The second-order valence-corrected chi connectivity index (χ2v) is 6.14. The molecule has 2 N–H and O–H groups in total. The van der Waals surface area contributed by atoms with E-state index in [1.165, 1.54) is 0 Å². The lowest BCUT2D eigenvalue weighted by Crippen LogP contribution is -2.23. The van der Waals surface area contributed by atoms with Crippen molar-refractivity contribution in [2.75, 3.05) is 45.0 Å². The Balaban J connectivity index is 3.59. The zero-order valence-electron chi connectivity index (χ0n) is 10.1. The van der Waals surface area contributed by atoms with Crippen LogP contribution in [0.2, 0.25) is 0 Å². The first-order chi connectivity index (χ1) is 7.52. The van der Waals surface area contributed by atoms with Crippen LogP contribution in [0.5, 0.6) is 0 Å². The van der Waals surface area contributed by atoms with E-state index >= 15 is 0 Å². The Morgan fingerprint density at radius 2 is 1.94 bits per heavy atom. The lowest BCUT2D eigenvalue weighted by molar-refractivity contribution is 0.0712. The van der Waals surface area contributed by atoms with Gasteiger partial charge in [-0.25, -0.2) is 8.42 Å². The maximum atomic E-state index is 11.6. The van der Waals surface area contributed by atoms with Crippen LogP contribution in [0.25, 0.3) is 0 Å². The van der Waals surface area contributed by atoms with Crippen LogP contribution in [0.1, 0.15) is 13.3 Å². The minimum atomic E-state index is -2.98. The third-order valence-corrected chi connectivity index (χ3v) is 4.10. The fourth-order valence-electron chi connectivity index (χ4n) is 1.21. The maximum Gasteiger partial charge on any atom is 0.150 e. The van der Waals surface area contributed by atoms with Gasteiger partial charge < -0.3 is 15.2 Å². The molecule has 6 heteroatoms. The number of rotatable bonds is 10. The molecule has 16 heavy (non-hydrogen) atoms. The van der Waals surface area contributed by atoms with Crippen LogP contribution in [-0.2, 0) is 19.3 Å². The predicted octanol–water partition coefficient (Wildman–Crippen LogP) is 0.0491. The summed E-state index contributed by atoms with van der Waals surface area (Å²) >= 11 is 0. The number of sulfone groups is 1. The van der Waals surface area contributed by atoms with Gasteiger partial charge in [-0.2, -0.15) is 0 Å². The van der Waals surface area contributed by atoms with E-state index < -0.39 is 9.84 Å². The average molecular weight is 253 g/mol. The number of hydrogen-bond acceptors (Lipinski definition) is 5. The van der Waals surface area contributed by atoms with Crippen LogP contribution in [0, 0.1) is 5.92 Å². The molecule has 0 heterocycles. The summed E-state index contributed by atoms with van der Waals surface area (Å²) in [6.45, 7) is 3.75. The largest absolute Gasteiger partial charge is 0.382 e. The second-order valence-electron chi connectivity index (χ2n) is 3.91. The molecule has 0 saturated carbocycles. The highest BCUT2D eigenvalue weighted by Gasteiger charge is 2.14. The molecule has 0 aromatic heterocycles. The number of methoxy groups -OCH3 is 1. The van der Waals surface area contributed by atoms with E-state index in [1.807, 2.05) is 6.92 Å². The van der Waals surface area contributed by atoms with Gasteiger partial charge in [0.15, 0.2) is 9.84 Å². The zero-order chi connectivity index (χ0) is 12.4. The summed E-state index contributed by atoms with van der Waals surface area (Å²) < 4.78 is 33.1. The van der Waals surface area contributed by atoms with Crippen LogP contribution < -0.4 is 5.73 Å². The van der Waals surface area contributed by atoms with Gasteiger partial charge in [0, 0.05) is 13.7 Å². The van der Waals surface area contributed by atoms with Gasteiger partial charge in [0.1, 0.15) is 0 Å². The fraction of sp³-hybridized carbons (Fsp3) is 1.00. The summed E-state index contributed by atoms with van der Waals surface area (Å²) in [4.78, 5) is 0. The molecule has 0 aromatic rings. The Labute approximate surface area is 98.2 Å². The van der Waals surface area contributed by atoms with Gasteiger partial charge in [0.05, 0.1) is 24.7 Å². The van der Waals surface area contributed by atoms with Crippen molar-refractivity contribution in [2.45, 2.75) is 13.3 Å². The third-order valence-electron chi connectivity index (χ3n) is 2.12. The number of hydrogen-bond donors (Lipinski definition) is 1. The van der Waals surface area contributed by atoms with E-state index in [2.05, 4.69) is 0 Å². The van der Waals surface area contributed by atoms with Gasteiger partial charge in [0.25, 0.3) is 0 Å². The first kappa shape index (κ1) is 15.8. The van der Waals surface area contributed by atoms with Crippen molar-refractivity contribution in [3.63, 3.8) is 0 Å². The zero-order valence-corrected chi connectivity index (χ0v) is 11.0. The van der Waals surface area contributed by atoms with Gasteiger partial charge in [-0.1, -0.05) is 6.92 Å². The number of ether oxygens (including phenoxy) is 2.